The maximum absolute atomic E-state index is 11.1. The monoisotopic (exact) mass is 230 g/mol. The van der Waals surface area contributed by atoms with Crippen LogP contribution >= 0.6 is 0 Å². The Labute approximate surface area is 100 Å². The molecule has 0 saturated heterocycles. The van der Waals surface area contributed by atoms with Gasteiger partial charge in [-0.2, -0.15) is 0 Å². The Kier molecular flexibility index (Phi) is 3.40. The van der Waals surface area contributed by atoms with Crippen molar-refractivity contribution in [2.75, 3.05) is 7.11 Å². The van der Waals surface area contributed by atoms with E-state index in [0.717, 1.165) is 11.1 Å². The molecule has 3 nitrogen and oxygen atoms in total. The summed E-state index contributed by atoms with van der Waals surface area (Å²) in [5.74, 6) is 1.02. The summed E-state index contributed by atoms with van der Waals surface area (Å²) in [5, 5.41) is 0. The van der Waals surface area contributed by atoms with Crippen LogP contribution in [0.4, 0.5) is 0 Å². The molecule has 0 atom stereocenters. The number of carbonyl (C=O) groups is 1. The van der Waals surface area contributed by atoms with Crippen molar-refractivity contribution in [3.05, 3.63) is 47.7 Å². The number of carbonyl (C=O) groups excluding carboxylic acids is 1. The minimum Gasteiger partial charge on any atom is -0.453 e. The molecule has 2 rings (SSSR count). The van der Waals surface area contributed by atoms with Crippen molar-refractivity contribution in [3.8, 4) is 11.3 Å². The number of ether oxygens (including phenoxy) is 1. The molecule has 0 unspecified atom stereocenters. The minimum absolute atomic E-state index is 0.0655. The molecule has 3 heteroatoms. The summed E-state index contributed by atoms with van der Waals surface area (Å²) < 4.78 is 10.6. The molecule has 1 aromatic carbocycles. The van der Waals surface area contributed by atoms with Crippen LogP contribution in [0.15, 0.2) is 40.8 Å². The van der Waals surface area contributed by atoms with E-state index >= 15 is 0 Å². The van der Waals surface area contributed by atoms with Crippen molar-refractivity contribution < 1.29 is 13.9 Å². The lowest BCUT2D eigenvalue weighted by atomic mass is 10.1. The van der Waals surface area contributed by atoms with Crippen LogP contribution in [0.3, 0.4) is 0 Å². The molecule has 0 bridgehead atoms. The van der Waals surface area contributed by atoms with Gasteiger partial charge in [-0.05, 0) is 23.8 Å². The first-order valence-electron chi connectivity index (χ1n) is 5.39. The second-order valence-electron chi connectivity index (χ2n) is 3.85. The van der Waals surface area contributed by atoms with E-state index in [1.807, 2.05) is 30.3 Å². The Bertz CT molecular complexity index is 526. The van der Waals surface area contributed by atoms with Crippen molar-refractivity contribution in [2.24, 2.45) is 0 Å². The molecule has 1 heterocycles. The SMILES string of the molecule is COCc1cccc(-c2ccc(C(C)=O)o2)c1. The van der Waals surface area contributed by atoms with E-state index in [1.165, 1.54) is 6.92 Å². The molecule has 0 aliphatic carbocycles. The fourth-order valence-corrected chi connectivity index (χ4v) is 1.66. The maximum atomic E-state index is 11.1. The van der Waals surface area contributed by atoms with Crippen molar-refractivity contribution >= 4 is 5.78 Å². The van der Waals surface area contributed by atoms with Gasteiger partial charge in [-0.15, -0.1) is 0 Å². The van der Waals surface area contributed by atoms with Crippen LogP contribution in [0.2, 0.25) is 0 Å². The normalized spacial score (nSPS) is 10.5. The average Bonchev–Trinajstić information content (AvgIpc) is 2.79. The summed E-state index contributed by atoms with van der Waals surface area (Å²) in [7, 11) is 1.66. The number of rotatable bonds is 4. The highest BCUT2D eigenvalue weighted by Crippen LogP contribution is 2.23. The van der Waals surface area contributed by atoms with Gasteiger partial charge in [0.2, 0.25) is 0 Å². The number of hydrogen-bond donors (Lipinski definition) is 0. The number of Topliss-reactive ketones (excluding diaryl/α,β-unsaturated/α-hetero) is 1. The van der Waals surface area contributed by atoms with Gasteiger partial charge in [0.25, 0.3) is 0 Å². The van der Waals surface area contributed by atoms with Crippen molar-refractivity contribution in [3.63, 3.8) is 0 Å². The molecule has 0 radical (unpaired) electrons. The van der Waals surface area contributed by atoms with E-state index in [1.54, 1.807) is 13.2 Å². The number of methoxy groups -OCH3 is 1. The molecule has 0 saturated carbocycles. The topological polar surface area (TPSA) is 39.4 Å². The van der Waals surface area contributed by atoms with Crippen LogP contribution < -0.4 is 0 Å². The summed E-state index contributed by atoms with van der Waals surface area (Å²) in [5.41, 5.74) is 2.03. The van der Waals surface area contributed by atoms with Crippen molar-refractivity contribution in [1.82, 2.24) is 0 Å². The standard InChI is InChI=1S/C14H14O3/c1-10(15)13-6-7-14(17-13)12-5-3-4-11(8-12)9-16-2/h3-8H,9H2,1-2H3. The summed E-state index contributed by atoms with van der Waals surface area (Å²) in [6.45, 7) is 2.05. The van der Waals surface area contributed by atoms with Crippen LogP contribution in [0.25, 0.3) is 11.3 Å². The lowest BCUT2D eigenvalue weighted by Gasteiger charge is -2.02. The first-order chi connectivity index (χ1) is 8.20. The third-order valence-corrected chi connectivity index (χ3v) is 2.48. The van der Waals surface area contributed by atoms with E-state index in [9.17, 15) is 4.79 Å². The second kappa shape index (κ2) is 4.97. The van der Waals surface area contributed by atoms with Gasteiger partial charge in [-0.3, -0.25) is 4.79 Å². The summed E-state index contributed by atoms with van der Waals surface area (Å²) in [6, 6.07) is 11.4. The van der Waals surface area contributed by atoms with E-state index < -0.39 is 0 Å². The van der Waals surface area contributed by atoms with Gasteiger partial charge in [-0.25, -0.2) is 0 Å². The predicted octanol–water partition coefficient (Wildman–Crippen LogP) is 3.30. The predicted molar refractivity (Wildman–Crippen MR) is 64.9 cm³/mol. The van der Waals surface area contributed by atoms with Crippen LogP contribution in [0, 0.1) is 0 Å². The third kappa shape index (κ3) is 2.63. The summed E-state index contributed by atoms with van der Waals surface area (Å²) in [6.07, 6.45) is 0. The number of benzene rings is 1. The first kappa shape index (κ1) is 11.6. The molecule has 0 amide bonds. The van der Waals surface area contributed by atoms with Crippen LogP contribution in [-0.2, 0) is 11.3 Å². The smallest absolute Gasteiger partial charge is 0.194 e. The Morgan fingerprint density at radius 1 is 1.29 bits per heavy atom. The number of ketones is 1. The first-order valence-corrected chi connectivity index (χ1v) is 5.39. The highest BCUT2D eigenvalue weighted by atomic mass is 16.5. The fraction of sp³-hybridized carbons (Fsp3) is 0.214. The molecule has 1 aromatic heterocycles. The van der Waals surface area contributed by atoms with E-state index in [4.69, 9.17) is 9.15 Å². The molecule has 0 fully saturated rings. The van der Waals surface area contributed by atoms with E-state index in [0.29, 0.717) is 18.1 Å². The summed E-state index contributed by atoms with van der Waals surface area (Å²) in [4.78, 5) is 11.1. The summed E-state index contributed by atoms with van der Waals surface area (Å²) >= 11 is 0. The van der Waals surface area contributed by atoms with Gasteiger partial charge in [0.05, 0.1) is 6.61 Å². The zero-order chi connectivity index (χ0) is 12.3. The molecule has 17 heavy (non-hydrogen) atoms. The highest BCUT2D eigenvalue weighted by molar-refractivity contribution is 5.91. The minimum atomic E-state index is -0.0655. The molecule has 88 valence electrons. The molecule has 2 aromatic rings. The second-order valence-corrected chi connectivity index (χ2v) is 3.85. The molecular weight excluding hydrogens is 216 g/mol. The van der Waals surface area contributed by atoms with E-state index in [2.05, 4.69) is 0 Å². The van der Waals surface area contributed by atoms with Crippen molar-refractivity contribution in [2.45, 2.75) is 13.5 Å². The zero-order valence-electron chi connectivity index (χ0n) is 9.90. The number of furan rings is 1. The highest BCUT2D eigenvalue weighted by Gasteiger charge is 2.08. The van der Waals surface area contributed by atoms with Gasteiger partial charge < -0.3 is 9.15 Å². The lowest BCUT2D eigenvalue weighted by molar-refractivity contribution is 0.0988. The van der Waals surface area contributed by atoms with Crippen LogP contribution in [-0.4, -0.2) is 12.9 Å². The molecule has 0 aliphatic heterocycles. The van der Waals surface area contributed by atoms with Gasteiger partial charge in [0.15, 0.2) is 11.5 Å². The largest absolute Gasteiger partial charge is 0.453 e. The Morgan fingerprint density at radius 2 is 2.12 bits per heavy atom. The van der Waals surface area contributed by atoms with Gasteiger partial charge in [0.1, 0.15) is 5.76 Å². The van der Waals surface area contributed by atoms with Gasteiger partial charge in [-0.1, -0.05) is 18.2 Å². The zero-order valence-corrected chi connectivity index (χ0v) is 9.90. The molecule has 0 spiro atoms. The fourth-order valence-electron chi connectivity index (χ4n) is 1.66. The van der Waals surface area contributed by atoms with E-state index in [-0.39, 0.29) is 5.78 Å². The quantitative estimate of drug-likeness (QED) is 0.756. The third-order valence-electron chi connectivity index (χ3n) is 2.48. The van der Waals surface area contributed by atoms with Crippen LogP contribution in [0.1, 0.15) is 23.0 Å². The van der Waals surface area contributed by atoms with Crippen molar-refractivity contribution in [1.29, 1.82) is 0 Å². The Hall–Kier alpha value is -1.87. The van der Waals surface area contributed by atoms with Gasteiger partial charge >= 0.3 is 0 Å². The molecular formula is C14H14O3. The molecule has 0 aliphatic rings. The Balaban J connectivity index is 2.31. The molecule has 0 N–H and O–H groups in total. The maximum Gasteiger partial charge on any atom is 0.194 e. The van der Waals surface area contributed by atoms with Crippen LogP contribution in [0.5, 0.6) is 0 Å². The average molecular weight is 230 g/mol. The van der Waals surface area contributed by atoms with Gasteiger partial charge in [0, 0.05) is 19.6 Å². The lowest BCUT2D eigenvalue weighted by Crippen LogP contribution is -1.88. The Morgan fingerprint density at radius 3 is 2.76 bits per heavy atom. The number of hydrogen-bond acceptors (Lipinski definition) is 3.